The average molecular weight is 612 g/mol. The fourth-order valence-corrected chi connectivity index (χ4v) is 4.90. The SMILES string of the molecule is CCOC(=O)c1cc(C(F)(F)F)sc1N.COC(=O)c1ccc(-c2nc(Cl)c3cc(C(F)(F)F)sc3n2)cc1. The van der Waals surface area contributed by atoms with Gasteiger partial charge in [-0.1, -0.05) is 23.7 Å². The molecule has 0 aliphatic carbocycles. The summed E-state index contributed by atoms with van der Waals surface area (Å²) in [7, 11) is 1.27. The fourth-order valence-electron chi connectivity index (χ4n) is 2.94. The van der Waals surface area contributed by atoms with Gasteiger partial charge >= 0.3 is 24.3 Å². The lowest BCUT2D eigenvalue weighted by Gasteiger charge is -2.03. The first-order valence-corrected chi connectivity index (χ1v) is 12.5. The van der Waals surface area contributed by atoms with Crippen molar-refractivity contribution in [3.05, 3.63) is 62.4 Å². The number of carbonyl (C=O) groups is 2. The third-order valence-electron chi connectivity index (χ3n) is 4.73. The number of nitrogens with zero attached hydrogens (tertiary/aromatic N) is 2. The van der Waals surface area contributed by atoms with E-state index >= 15 is 0 Å². The van der Waals surface area contributed by atoms with Gasteiger partial charge in [0.15, 0.2) is 5.82 Å². The number of nitrogens with two attached hydrogens (primary N) is 1. The van der Waals surface area contributed by atoms with E-state index < -0.39 is 34.0 Å². The van der Waals surface area contributed by atoms with E-state index in [1.165, 1.54) is 19.2 Å². The Bertz CT molecular complexity index is 1500. The predicted octanol–water partition coefficient (Wildman–Crippen LogP) is 7.34. The summed E-state index contributed by atoms with van der Waals surface area (Å²) < 4.78 is 84.3. The molecule has 0 atom stereocenters. The molecule has 3 aromatic heterocycles. The molecule has 39 heavy (non-hydrogen) atoms. The van der Waals surface area contributed by atoms with Crippen molar-refractivity contribution in [3.8, 4) is 11.4 Å². The van der Waals surface area contributed by atoms with Crippen LogP contribution in [0.2, 0.25) is 5.15 Å². The number of esters is 2. The van der Waals surface area contributed by atoms with Crippen LogP contribution in [0.5, 0.6) is 0 Å². The molecule has 1 aromatic carbocycles. The normalized spacial score (nSPS) is 11.6. The van der Waals surface area contributed by atoms with Crippen LogP contribution in [0.15, 0.2) is 36.4 Å². The number of thiophene rings is 2. The third kappa shape index (κ3) is 7.16. The fraction of sp³-hybridized carbons (Fsp3) is 0.217. The van der Waals surface area contributed by atoms with Crippen molar-refractivity contribution in [2.24, 2.45) is 0 Å². The Balaban J connectivity index is 0.000000242. The molecular weight excluding hydrogens is 596 g/mol. The minimum atomic E-state index is -4.48. The summed E-state index contributed by atoms with van der Waals surface area (Å²) in [5.74, 6) is -1.15. The molecule has 0 bridgehead atoms. The summed E-state index contributed by atoms with van der Waals surface area (Å²) in [4.78, 5) is 29.2. The lowest BCUT2D eigenvalue weighted by atomic mass is 10.1. The smallest absolute Gasteiger partial charge is 0.425 e. The van der Waals surface area contributed by atoms with Crippen LogP contribution >= 0.6 is 34.3 Å². The van der Waals surface area contributed by atoms with Gasteiger partial charge < -0.3 is 15.2 Å². The largest absolute Gasteiger partial charge is 0.465 e. The van der Waals surface area contributed by atoms with Crippen LogP contribution in [0.1, 0.15) is 37.4 Å². The van der Waals surface area contributed by atoms with Crippen LogP contribution in [0, 0.1) is 0 Å². The Labute approximate surface area is 229 Å². The summed E-state index contributed by atoms with van der Waals surface area (Å²) >= 11 is 6.83. The number of ether oxygens (including phenoxy) is 2. The standard InChI is InChI=1S/C15H8ClF3N2O2S.C8H8F3NO2S/c1-23-14(22)8-4-2-7(3-5-8)12-20-11(16)9-6-10(15(17,18)19)24-13(9)21-12;1-2-14-7(13)4-3-5(8(9,10)11)15-6(4)12/h2-6H,1H3;3H,2,12H2,1H3. The van der Waals surface area contributed by atoms with Gasteiger partial charge in [0.2, 0.25) is 0 Å². The third-order valence-corrected chi connectivity index (χ3v) is 7.10. The Kier molecular flexibility index (Phi) is 9.08. The van der Waals surface area contributed by atoms with E-state index in [2.05, 4.69) is 19.4 Å². The molecule has 0 fully saturated rings. The number of fused-ring (bicyclic) bond motifs is 1. The highest BCUT2D eigenvalue weighted by Gasteiger charge is 2.35. The number of methoxy groups -OCH3 is 1. The number of halogens is 7. The van der Waals surface area contributed by atoms with Crippen molar-refractivity contribution in [3.63, 3.8) is 0 Å². The van der Waals surface area contributed by atoms with Crippen LogP contribution in [-0.2, 0) is 21.8 Å². The molecule has 0 aliphatic rings. The lowest BCUT2D eigenvalue weighted by molar-refractivity contribution is -0.135. The van der Waals surface area contributed by atoms with Crippen molar-refractivity contribution in [1.82, 2.24) is 9.97 Å². The summed E-state index contributed by atoms with van der Waals surface area (Å²) in [5, 5.41) is -0.0801. The van der Waals surface area contributed by atoms with E-state index in [1.54, 1.807) is 19.1 Å². The van der Waals surface area contributed by atoms with Gasteiger partial charge in [-0.3, -0.25) is 0 Å². The quantitative estimate of drug-likeness (QED) is 0.146. The van der Waals surface area contributed by atoms with Crippen molar-refractivity contribution in [2.45, 2.75) is 19.3 Å². The van der Waals surface area contributed by atoms with Crippen LogP contribution < -0.4 is 5.73 Å². The number of carbonyl (C=O) groups excluding carboxylic acids is 2. The van der Waals surface area contributed by atoms with Gasteiger partial charge in [-0.25, -0.2) is 19.6 Å². The first-order valence-electron chi connectivity index (χ1n) is 10.5. The zero-order valence-corrected chi connectivity index (χ0v) is 22.1. The minimum Gasteiger partial charge on any atom is -0.465 e. The molecule has 7 nitrogen and oxygen atoms in total. The van der Waals surface area contributed by atoms with Crippen molar-refractivity contribution >= 4 is 61.4 Å². The van der Waals surface area contributed by atoms with Gasteiger partial charge in [-0.15, -0.1) is 22.7 Å². The second-order valence-electron chi connectivity index (χ2n) is 7.34. The number of anilines is 1. The second kappa shape index (κ2) is 11.8. The first-order chi connectivity index (χ1) is 18.1. The Morgan fingerprint density at radius 3 is 2.05 bits per heavy atom. The highest BCUT2D eigenvalue weighted by atomic mass is 35.5. The monoisotopic (exact) mass is 611 g/mol. The van der Waals surface area contributed by atoms with E-state index in [0.717, 1.165) is 6.07 Å². The Hall–Kier alpha value is -3.43. The maximum atomic E-state index is 12.8. The van der Waals surface area contributed by atoms with Crippen LogP contribution in [0.3, 0.4) is 0 Å². The van der Waals surface area contributed by atoms with E-state index in [4.69, 9.17) is 17.3 Å². The number of nitrogen functional groups attached to an aromatic ring is 1. The highest BCUT2D eigenvalue weighted by Crippen LogP contribution is 2.40. The zero-order valence-electron chi connectivity index (χ0n) is 19.7. The summed E-state index contributed by atoms with van der Waals surface area (Å²) in [6, 6.07) is 7.81. The van der Waals surface area contributed by atoms with Gasteiger partial charge in [-0.2, -0.15) is 26.3 Å². The molecule has 0 aliphatic heterocycles. The number of hydrogen-bond donors (Lipinski definition) is 1. The summed E-state index contributed by atoms with van der Waals surface area (Å²) in [6.45, 7) is 1.65. The highest BCUT2D eigenvalue weighted by molar-refractivity contribution is 7.18. The van der Waals surface area contributed by atoms with E-state index in [9.17, 15) is 35.9 Å². The molecular formula is C23H16ClF6N3O4S2. The maximum Gasteiger partial charge on any atom is 0.425 e. The summed E-state index contributed by atoms with van der Waals surface area (Å²) in [6.07, 6.45) is -8.94. The van der Waals surface area contributed by atoms with Crippen molar-refractivity contribution in [2.75, 3.05) is 19.5 Å². The number of benzene rings is 1. The van der Waals surface area contributed by atoms with Crippen molar-refractivity contribution < 1.29 is 45.4 Å². The summed E-state index contributed by atoms with van der Waals surface area (Å²) in [5.41, 5.74) is 5.92. The van der Waals surface area contributed by atoms with Crippen LogP contribution in [0.4, 0.5) is 31.3 Å². The van der Waals surface area contributed by atoms with E-state index in [1.807, 2.05) is 0 Å². The Morgan fingerprint density at radius 2 is 1.54 bits per heavy atom. The number of hydrogen-bond acceptors (Lipinski definition) is 9. The molecule has 16 heteroatoms. The topological polar surface area (TPSA) is 104 Å². The first kappa shape index (κ1) is 30.1. The number of alkyl halides is 6. The predicted molar refractivity (Wildman–Crippen MR) is 134 cm³/mol. The van der Waals surface area contributed by atoms with E-state index in [-0.39, 0.29) is 38.4 Å². The molecule has 208 valence electrons. The van der Waals surface area contributed by atoms with Crippen LogP contribution in [-0.4, -0.2) is 35.6 Å². The molecule has 0 saturated heterocycles. The average Bonchev–Trinajstić information content (AvgIpc) is 3.48. The molecule has 3 heterocycles. The van der Waals surface area contributed by atoms with Crippen LogP contribution in [0.25, 0.3) is 21.6 Å². The number of rotatable bonds is 4. The lowest BCUT2D eigenvalue weighted by Crippen LogP contribution is -2.06. The van der Waals surface area contributed by atoms with Crippen molar-refractivity contribution in [1.29, 1.82) is 0 Å². The molecule has 4 rings (SSSR count). The zero-order chi connectivity index (χ0) is 29.1. The molecule has 0 unspecified atom stereocenters. The van der Waals surface area contributed by atoms with Gasteiger partial charge in [0.25, 0.3) is 0 Å². The maximum absolute atomic E-state index is 12.8. The minimum absolute atomic E-state index is 0.0567. The molecule has 0 radical (unpaired) electrons. The van der Waals surface area contributed by atoms with Gasteiger partial charge in [-0.05, 0) is 31.2 Å². The molecule has 2 N–H and O–H groups in total. The Morgan fingerprint density at radius 1 is 0.949 bits per heavy atom. The second-order valence-corrected chi connectivity index (χ2v) is 9.81. The van der Waals surface area contributed by atoms with E-state index in [0.29, 0.717) is 39.9 Å². The molecule has 0 spiro atoms. The number of aromatic nitrogens is 2. The van der Waals surface area contributed by atoms with Gasteiger partial charge in [0.1, 0.15) is 24.7 Å². The van der Waals surface area contributed by atoms with Gasteiger partial charge in [0.05, 0.1) is 24.8 Å². The molecule has 0 amide bonds. The van der Waals surface area contributed by atoms with Gasteiger partial charge in [0, 0.05) is 10.9 Å². The molecule has 0 saturated carbocycles. The molecule has 4 aromatic rings.